The highest BCUT2D eigenvalue weighted by Gasteiger charge is 2.20. The molecule has 2 N–H and O–H groups in total. The van der Waals surface area contributed by atoms with E-state index < -0.39 is 0 Å². The largest absolute Gasteiger partial charge is 0.330 e. The smallest absolute Gasteiger partial charge is 0.0466 e. The number of nitrogens with zero attached hydrogens (tertiary/aromatic N) is 1. The average Bonchev–Trinajstić information content (AvgIpc) is 2.26. The maximum atomic E-state index is 5.55. The van der Waals surface area contributed by atoms with E-state index in [9.17, 15) is 0 Å². The lowest BCUT2D eigenvalue weighted by atomic mass is 9.84. The van der Waals surface area contributed by atoms with E-state index >= 15 is 0 Å². The second kappa shape index (κ2) is 4.56. The number of aromatic nitrogens is 1. The van der Waals surface area contributed by atoms with E-state index in [1.54, 1.807) is 0 Å². The van der Waals surface area contributed by atoms with E-state index in [2.05, 4.69) is 11.1 Å². The van der Waals surface area contributed by atoms with E-state index in [-0.39, 0.29) is 0 Å². The van der Waals surface area contributed by atoms with E-state index in [1.165, 1.54) is 36.9 Å². The van der Waals surface area contributed by atoms with E-state index in [4.69, 9.17) is 5.73 Å². The summed E-state index contributed by atoms with van der Waals surface area (Å²) in [6.45, 7) is 0.804. The molecule has 0 fully saturated rings. The van der Waals surface area contributed by atoms with Gasteiger partial charge in [-0.2, -0.15) is 0 Å². The molecule has 1 aromatic heterocycles. The third kappa shape index (κ3) is 1.95. The molecule has 76 valence electrons. The standard InChI is InChI=1S/C12H18N2/c13-8-2-6-10-4-1-5-11-7-3-9-14-12(10)11/h3,7,9-10H,1-2,4-6,8,13H2. The number of fused-ring (bicyclic) bond motifs is 1. The summed E-state index contributed by atoms with van der Waals surface area (Å²) < 4.78 is 0. The Morgan fingerprint density at radius 1 is 1.50 bits per heavy atom. The van der Waals surface area contributed by atoms with Crippen molar-refractivity contribution in [3.63, 3.8) is 0 Å². The van der Waals surface area contributed by atoms with Crippen molar-refractivity contribution in [1.82, 2.24) is 4.98 Å². The fourth-order valence-electron chi connectivity index (χ4n) is 2.35. The minimum Gasteiger partial charge on any atom is -0.330 e. The predicted molar refractivity (Wildman–Crippen MR) is 58.2 cm³/mol. The monoisotopic (exact) mass is 190 g/mol. The summed E-state index contributed by atoms with van der Waals surface area (Å²) in [4.78, 5) is 4.51. The molecule has 1 unspecified atom stereocenters. The average molecular weight is 190 g/mol. The molecule has 2 rings (SSSR count). The lowest BCUT2D eigenvalue weighted by molar-refractivity contribution is 0.495. The molecule has 0 spiro atoms. The van der Waals surface area contributed by atoms with Crippen LogP contribution in [0.3, 0.4) is 0 Å². The topological polar surface area (TPSA) is 38.9 Å². The van der Waals surface area contributed by atoms with Crippen molar-refractivity contribution in [2.45, 2.75) is 38.0 Å². The van der Waals surface area contributed by atoms with Crippen LogP contribution in [0.1, 0.15) is 42.9 Å². The predicted octanol–water partition coefficient (Wildman–Crippen LogP) is 2.24. The Labute approximate surface area is 85.5 Å². The fourth-order valence-corrected chi connectivity index (χ4v) is 2.35. The van der Waals surface area contributed by atoms with Crippen molar-refractivity contribution < 1.29 is 0 Å². The van der Waals surface area contributed by atoms with Gasteiger partial charge in [0.05, 0.1) is 0 Å². The van der Waals surface area contributed by atoms with Gasteiger partial charge in [-0.05, 0) is 50.3 Å². The molecule has 0 saturated heterocycles. The van der Waals surface area contributed by atoms with Crippen LogP contribution in [0.5, 0.6) is 0 Å². The summed E-state index contributed by atoms with van der Waals surface area (Å²) in [6, 6.07) is 4.26. The van der Waals surface area contributed by atoms with Gasteiger partial charge in [0.25, 0.3) is 0 Å². The van der Waals surface area contributed by atoms with Crippen LogP contribution < -0.4 is 5.73 Å². The Bertz CT molecular complexity index is 296. The quantitative estimate of drug-likeness (QED) is 0.794. The molecule has 2 nitrogen and oxygen atoms in total. The molecule has 0 bridgehead atoms. The van der Waals surface area contributed by atoms with Crippen molar-refractivity contribution in [2.24, 2.45) is 5.73 Å². The number of hydrogen-bond donors (Lipinski definition) is 1. The molecule has 0 amide bonds. The van der Waals surface area contributed by atoms with Gasteiger partial charge >= 0.3 is 0 Å². The summed E-state index contributed by atoms with van der Waals surface area (Å²) in [5.41, 5.74) is 8.34. The second-order valence-electron chi connectivity index (χ2n) is 4.07. The Morgan fingerprint density at radius 3 is 3.29 bits per heavy atom. The molecule has 0 saturated carbocycles. The molecule has 0 aliphatic heterocycles. The molecule has 1 heterocycles. The summed E-state index contributed by atoms with van der Waals surface area (Å²) in [6.07, 6.45) is 8.07. The van der Waals surface area contributed by atoms with Crippen molar-refractivity contribution in [3.05, 3.63) is 29.6 Å². The summed E-state index contributed by atoms with van der Waals surface area (Å²) >= 11 is 0. The van der Waals surface area contributed by atoms with Gasteiger partial charge in [0.1, 0.15) is 0 Å². The van der Waals surface area contributed by atoms with Crippen LogP contribution in [-0.2, 0) is 6.42 Å². The van der Waals surface area contributed by atoms with Gasteiger partial charge in [0.15, 0.2) is 0 Å². The van der Waals surface area contributed by atoms with Gasteiger partial charge < -0.3 is 5.73 Å². The first-order valence-corrected chi connectivity index (χ1v) is 5.55. The van der Waals surface area contributed by atoms with Gasteiger partial charge in [-0.15, -0.1) is 0 Å². The van der Waals surface area contributed by atoms with E-state index in [0.29, 0.717) is 5.92 Å². The number of pyridine rings is 1. The molecule has 1 aliphatic rings. The number of nitrogens with two attached hydrogens (primary N) is 1. The van der Waals surface area contributed by atoms with Crippen LogP contribution in [0.4, 0.5) is 0 Å². The minimum absolute atomic E-state index is 0.670. The highest BCUT2D eigenvalue weighted by atomic mass is 14.7. The SMILES string of the molecule is NCCCC1CCCc2cccnc21. The maximum Gasteiger partial charge on any atom is 0.0466 e. The molecule has 0 radical (unpaired) electrons. The van der Waals surface area contributed by atoms with E-state index in [1.807, 2.05) is 12.3 Å². The van der Waals surface area contributed by atoms with Crippen LogP contribution in [-0.4, -0.2) is 11.5 Å². The van der Waals surface area contributed by atoms with Gasteiger partial charge in [-0.1, -0.05) is 6.07 Å². The zero-order valence-electron chi connectivity index (χ0n) is 8.58. The summed E-state index contributed by atoms with van der Waals surface area (Å²) in [5, 5.41) is 0. The Morgan fingerprint density at radius 2 is 2.43 bits per heavy atom. The normalized spacial score (nSPS) is 20.5. The molecule has 1 atom stereocenters. The summed E-state index contributed by atoms with van der Waals surface area (Å²) in [7, 11) is 0. The van der Waals surface area contributed by atoms with E-state index in [0.717, 1.165) is 13.0 Å². The zero-order chi connectivity index (χ0) is 9.80. The lowest BCUT2D eigenvalue weighted by Gasteiger charge is -2.23. The van der Waals surface area contributed by atoms with Crippen molar-refractivity contribution in [2.75, 3.05) is 6.54 Å². The van der Waals surface area contributed by atoms with Gasteiger partial charge in [0.2, 0.25) is 0 Å². The van der Waals surface area contributed by atoms with Crippen LogP contribution in [0.15, 0.2) is 18.3 Å². The van der Waals surface area contributed by atoms with Gasteiger partial charge in [-0.25, -0.2) is 0 Å². The lowest BCUT2D eigenvalue weighted by Crippen LogP contribution is -2.13. The molecular formula is C12H18N2. The van der Waals surface area contributed by atoms with Crippen molar-refractivity contribution >= 4 is 0 Å². The van der Waals surface area contributed by atoms with Gasteiger partial charge in [-0.3, -0.25) is 4.98 Å². The molecule has 0 aromatic carbocycles. The third-order valence-electron chi connectivity index (χ3n) is 3.07. The highest BCUT2D eigenvalue weighted by Crippen LogP contribution is 2.32. The third-order valence-corrected chi connectivity index (χ3v) is 3.07. The summed E-state index contributed by atoms with van der Waals surface area (Å²) in [5.74, 6) is 0.670. The molecular weight excluding hydrogens is 172 g/mol. The number of aryl methyl sites for hydroxylation is 1. The minimum atomic E-state index is 0.670. The Hall–Kier alpha value is -0.890. The fraction of sp³-hybridized carbons (Fsp3) is 0.583. The highest BCUT2D eigenvalue weighted by molar-refractivity contribution is 5.25. The molecule has 2 heteroatoms. The first kappa shape index (κ1) is 9.66. The van der Waals surface area contributed by atoms with Crippen LogP contribution in [0.25, 0.3) is 0 Å². The van der Waals surface area contributed by atoms with Crippen LogP contribution >= 0.6 is 0 Å². The first-order valence-electron chi connectivity index (χ1n) is 5.55. The number of rotatable bonds is 3. The maximum absolute atomic E-state index is 5.55. The van der Waals surface area contributed by atoms with Gasteiger partial charge in [0, 0.05) is 17.8 Å². The molecule has 14 heavy (non-hydrogen) atoms. The Kier molecular flexibility index (Phi) is 3.14. The number of hydrogen-bond acceptors (Lipinski definition) is 2. The van der Waals surface area contributed by atoms with Crippen molar-refractivity contribution in [3.8, 4) is 0 Å². The second-order valence-corrected chi connectivity index (χ2v) is 4.07. The molecule has 1 aromatic rings. The van der Waals surface area contributed by atoms with Crippen molar-refractivity contribution in [1.29, 1.82) is 0 Å². The Balaban J connectivity index is 2.14. The first-order chi connectivity index (χ1) is 6.92. The van der Waals surface area contributed by atoms with Crippen LogP contribution in [0.2, 0.25) is 0 Å². The zero-order valence-corrected chi connectivity index (χ0v) is 8.58. The van der Waals surface area contributed by atoms with Crippen LogP contribution in [0, 0.1) is 0 Å². The molecule has 1 aliphatic carbocycles.